The van der Waals surface area contributed by atoms with Gasteiger partial charge in [-0.05, 0) is 31.2 Å². The Labute approximate surface area is 174 Å². The van der Waals surface area contributed by atoms with Crippen LogP contribution in [0.1, 0.15) is 6.92 Å². The normalized spacial score (nSPS) is 12.5. The molecule has 30 heavy (non-hydrogen) atoms. The Morgan fingerprint density at radius 3 is 2.37 bits per heavy atom. The number of anilines is 1. The quantitative estimate of drug-likeness (QED) is 0.168. The summed E-state index contributed by atoms with van der Waals surface area (Å²) in [5.74, 6) is -2.09. The number of nitrogens with zero attached hydrogens (tertiary/aromatic N) is 3. The number of allylic oxidation sites excluding steroid dienone is 1. The first kappa shape index (κ1) is 22.7. The molecule has 0 radical (unpaired) electrons. The molecular weight excluding hydrogens is 442 g/mol. The van der Waals surface area contributed by atoms with Crippen LogP contribution in [0.2, 0.25) is 5.02 Å². The second kappa shape index (κ2) is 8.86. The fourth-order valence-corrected chi connectivity index (χ4v) is 2.78. The van der Waals surface area contributed by atoms with Crippen LogP contribution in [-0.4, -0.2) is 29.5 Å². The standard InChI is InChI=1S/C16H14ClN5O7S/c1-8(23)14(16(25)19-9-2-4-11(5-3-9)30(18,28)29)21-20-13-7-10(22(26)27)6-12(17)15(13)24/h2-7,23-24H,1H3,(H,19,25)(H2,18,28,29). The molecule has 0 aromatic heterocycles. The number of phenolic OH excluding ortho intramolecular Hbond substituents is 1. The maximum atomic E-state index is 12.4. The number of halogens is 1. The number of sulfonamides is 1. The number of carbonyl (C=O) groups excluding carboxylic acids is 1. The summed E-state index contributed by atoms with van der Waals surface area (Å²) in [4.78, 5) is 22.3. The molecule has 0 aliphatic carbocycles. The van der Waals surface area contributed by atoms with Crippen LogP contribution in [0.4, 0.5) is 17.1 Å². The molecule has 0 atom stereocenters. The molecule has 2 aromatic carbocycles. The maximum Gasteiger partial charge on any atom is 0.279 e. The van der Waals surface area contributed by atoms with Gasteiger partial charge in [-0.25, -0.2) is 13.6 Å². The maximum absolute atomic E-state index is 12.4. The molecule has 0 aliphatic heterocycles. The number of aliphatic hydroxyl groups excluding tert-OH is 1. The van der Waals surface area contributed by atoms with Gasteiger partial charge in [0.2, 0.25) is 10.0 Å². The van der Waals surface area contributed by atoms with Crippen LogP contribution in [0, 0.1) is 10.1 Å². The van der Waals surface area contributed by atoms with E-state index in [1.165, 1.54) is 12.1 Å². The molecule has 158 valence electrons. The van der Waals surface area contributed by atoms with Crippen molar-refractivity contribution < 1.29 is 28.3 Å². The number of nitro groups is 1. The van der Waals surface area contributed by atoms with Gasteiger partial charge in [0.25, 0.3) is 11.6 Å². The summed E-state index contributed by atoms with van der Waals surface area (Å²) in [6.45, 7) is 1.14. The average molecular weight is 456 g/mol. The van der Waals surface area contributed by atoms with Crippen LogP contribution in [0.25, 0.3) is 0 Å². The van der Waals surface area contributed by atoms with E-state index in [-0.39, 0.29) is 15.6 Å². The van der Waals surface area contributed by atoms with Crippen LogP contribution in [-0.2, 0) is 14.8 Å². The number of azo groups is 1. The highest BCUT2D eigenvalue weighted by Gasteiger charge is 2.17. The molecule has 0 unspecified atom stereocenters. The largest absolute Gasteiger partial charge is 0.510 e. The van der Waals surface area contributed by atoms with Crippen LogP contribution in [0.15, 0.2) is 63.0 Å². The minimum atomic E-state index is -3.91. The van der Waals surface area contributed by atoms with E-state index in [4.69, 9.17) is 16.7 Å². The van der Waals surface area contributed by atoms with Gasteiger partial charge < -0.3 is 15.5 Å². The number of rotatable bonds is 6. The minimum absolute atomic E-state index is 0.155. The van der Waals surface area contributed by atoms with Gasteiger partial charge in [-0.1, -0.05) is 11.6 Å². The highest BCUT2D eigenvalue weighted by atomic mass is 35.5. The van der Waals surface area contributed by atoms with Gasteiger partial charge >= 0.3 is 0 Å². The summed E-state index contributed by atoms with van der Waals surface area (Å²) in [6.07, 6.45) is 0. The third kappa shape index (κ3) is 5.50. The summed E-state index contributed by atoms with van der Waals surface area (Å²) >= 11 is 5.71. The van der Waals surface area contributed by atoms with Gasteiger partial charge in [0.15, 0.2) is 11.4 Å². The van der Waals surface area contributed by atoms with Crippen molar-refractivity contribution in [1.82, 2.24) is 0 Å². The molecule has 0 fully saturated rings. The summed E-state index contributed by atoms with van der Waals surface area (Å²) in [5.41, 5.74) is -1.30. The van der Waals surface area contributed by atoms with Crippen molar-refractivity contribution in [1.29, 1.82) is 0 Å². The number of aromatic hydroxyl groups is 1. The molecule has 5 N–H and O–H groups in total. The third-order valence-electron chi connectivity index (χ3n) is 3.50. The first-order chi connectivity index (χ1) is 13.9. The van der Waals surface area contributed by atoms with Crippen molar-refractivity contribution in [2.45, 2.75) is 11.8 Å². The van der Waals surface area contributed by atoms with E-state index >= 15 is 0 Å². The van der Waals surface area contributed by atoms with Crippen LogP contribution in [0.3, 0.4) is 0 Å². The Kier molecular flexibility index (Phi) is 6.71. The zero-order valence-corrected chi connectivity index (χ0v) is 16.7. The molecule has 1 amide bonds. The monoisotopic (exact) mass is 455 g/mol. The predicted octanol–water partition coefficient (Wildman–Crippen LogP) is 3.11. The minimum Gasteiger partial charge on any atom is -0.510 e. The van der Waals surface area contributed by atoms with Crippen molar-refractivity contribution >= 4 is 44.6 Å². The molecular formula is C16H14ClN5O7S. The van der Waals surface area contributed by atoms with Crippen molar-refractivity contribution in [3.63, 3.8) is 0 Å². The third-order valence-corrected chi connectivity index (χ3v) is 4.71. The number of carbonyl (C=O) groups is 1. The van der Waals surface area contributed by atoms with Gasteiger partial charge in [-0.2, -0.15) is 0 Å². The molecule has 0 bridgehead atoms. The number of primary sulfonamides is 1. The molecule has 0 aliphatic rings. The molecule has 0 heterocycles. The molecule has 2 aromatic rings. The van der Waals surface area contributed by atoms with E-state index in [1.807, 2.05) is 0 Å². The van der Waals surface area contributed by atoms with Gasteiger partial charge in [0, 0.05) is 17.8 Å². The van der Waals surface area contributed by atoms with Crippen LogP contribution < -0.4 is 10.5 Å². The summed E-state index contributed by atoms with van der Waals surface area (Å²) in [5, 5.41) is 44.6. The van der Waals surface area contributed by atoms with Gasteiger partial charge in [-0.15, -0.1) is 10.2 Å². The van der Waals surface area contributed by atoms with Crippen LogP contribution >= 0.6 is 11.6 Å². The molecule has 0 saturated carbocycles. The molecule has 0 spiro atoms. The Morgan fingerprint density at radius 2 is 1.87 bits per heavy atom. The first-order valence-corrected chi connectivity index (χ1v) is 9.75. The number of aliphatic hydroxyl groups is 1. The number of hydrogen-bond donors (Lipinski definition) is 4. The van der Waals surface area contributed by atoms with Gasteiger partial charge in [0.05, 0.1) is 14.8 Å². The zero-order chi connectivity index (χ0) is 22.6. The van der Waals surface area contributed by atoms with Crippen molar-refractivity contribution in [2.75, 3.05) is 5.32 Å². The second-order valence-electron chi connectivity index (χ2n) is 5.71. The SMILES string of the molecule is CC(O)=C(N=Nc1cc([N+](=O)[O-])cc(Cl)c1O)C(=O)Nc1ccc(S(N)(=O)=O)cc1. The number of nitrogens with one attached hydrogen (secondary N) is 1. The fraction of sp³-hybridized carbons (Fsp3) is 0.0625. The summed E-state index contributed by atoms with van der Waals surface area (Å²) in [7, 11) is -3.91. The van der Waals surface area contributed by atoms with Gasteiger partial charge in [0.1, 0.15) is 11.4 Å². The Balaban J connectivity index is 2.30. The van der Waals surface area contributed by atoms with E-state index in [0.717, 1.165) is 31.2 Å². The number of benzene rings is 2. The van der Waals surface area contributed by atoms with E-state index < -0.39 is 49.4 Å². The van der Waals surface area contributed by atoms with Gasteiger partial charge in [-0.3, -0.25) is 14.9 Å². The van der Waals surface area contributed by atoms with E-state index in [9.17, 15) is 33.5 Å². The van der Waals surface area contributed by atoms with E-state index in [0.29, 0.717) is 0 Å². The lowest BCUT2D eigenvalue weighted by Gasteiger charge is -2.07. The lowest BCUT2D eigenvalue weighted by Crippen LogP contribution is -2.15. The number of amides is 1. The number of phenols is 1. The first-order valence-electron chi connectivity index (χ1n) is 7.83. The van der Waals surface area contributed by atoms with Crippen molar-refractivity contribution in [2.24, 2.45) is 15.4 Å². The van der Waals surface area contributed by atoms with Crippen molar-refractivity contribution in [3.05, 3.63) is 63.0 Å². The average Bonchev–Trinajstić information content (AvgIpc) is 2.64. The number of non-ortho nitro benzene ring substituents is 1. The Bertz CT molecular complexity index is 1170. The second-order valence-corrected chi connectivity index (χ2v) is 7.68. The van der Waals surface area contributed by atoms with Crippen molar-refractivity contribution in [3.8, 4) is 5.75 Å². The smallest absolute Gasteiger partial charge is 0.279 e. The Morgan fingerprint density at radius 1 is 1.27 bits per heavy atom. The number of hydrogen-bond acceptors (Lipinski definition) is 9. The lowest BCUT2D eigenvalue weighted by atomic mass is 10.2. The highest BCUT2D eigenvalue weighted by Crippen LogP contribution is 2.38. The summed E-state index contributed by atoms with van der Waals surface area (Å²) in [6, 6.07) is 6.60. The summed E-state index contributed by atoms with van der Waals surface area (Å²) < 4.78 is 22.5. The Hall–Kier alpha value is -3.55. The molecule has 2 rings (SSSR count). The lowest BCUT2D eigenvalue weighted by molar-refractivity contribution is -0.384. The molecule has 0 saturated heterocycles. The number of nitrogens with two attached hydrogens (primary N) is 1. The highest BCUT2D eigenvalue weighted by molar-refractivity contribution is 7.89. The fourth-order valence-electron chi connectivity index (χ4n) is 2.06. The molecule has 12 nitrogen and oxygen atoms in total. The van der Waals surface area contributed by atoms with E-state index in [1.54, 1.807) is 0 Å². The topological polar surface area (TPSA) is 198 Å². The van der Waals surface area contributed by atoms with E-state index in [2.05, 4.69) is 15.5 Å². The predicted molar refractivity (Wildman–Crippen MR) is 106 cm³/mol. The van der Waals surface area contributed by atoms with Crippen LogP contribution in [0.5, 0.6) is 5.75 Å². The molecule has 14 heteroatoms. The zero-order valence-electron chi connectivity index (χ0n) is 15.1. The number of nitro benzene ring substituents is 1.